The van der Waals surface area contributed by atoms with Crippen molar-refractivity contribution >= 4 is 32.5 Å². The number of hydrazone groups is 1. The van der Waals surface area contributed by atoms with E-state index in [9.17, 15) is 18.3 Å². The van der Waals surface area contributed by atoms with E-state index in [4.69, 9.17) is 4.42 Å². The van der Waals surface area contributed by atoms with Crippen LogP contribution in [0.3, 0.4) is 0 Å². The fourth-order valence-electron chi connectivity index (χ4n) is 3.38. The van der Waals surface area contributed by atoms with Gasteiger partial charge >= 0.3 is 5.63 Å². The molecule has 0 saturated carbocycles. The molecule has 0 aliphatic heterocycles. The molecule has 0 amide bonds. The fraction of sp³-hybridized carbons (Fsp3) is 0.120. The number of rotatable bonds is 6. The van der Waals surface area contributed by atoms with Crippen LogP contribution < -0.4 is 11.1 Å². The number of nitrogens with zero attached hydrogens (tertiary/aromatic N) is 1. The van der Waals surface area contributed by atoms with Crippen LogP contribution in [0.2, 0.25) is 0 Å². The zero-order chi connectivity index (χ0) is 23.6. The molecule has 1 aromatic heterocycles. The minimum Gasteiger partial charge on any atom is -0.480 e. The van der Waals surface area contributed by atoms with Gasteiger partial charge in [0.2, 0.25) is 9.84 Å². The molecule has 2 N–H and O–H groups in total. The molecule has 0 spiro atoms. The Kier molecular flexibility index (Phi) is 6.02. The topological polar surface area (TPSA) is 109 Å². The lowest BCUT2D eigenvalue weighted by Gasteiger charge is -2.09. The van der Waals surface area contributed by atoms with E-state index in [-0.39, 0.29) is 15.4 Å². The molecule has 0 saturated heterocycles. The Morgan fingerprint density at radius 2 is 1.48 bits per heavy atom. The third-order valence-electron chi connectivity index (χ3n) is 5.27. The molecule has 0 aliphatic rings. The molecule has 33 heavy (non-hydrogen) atoms. The Balaban J connectivity index is 1.53. The number of sulfone groups is 1. The zero-order valence-corrected chi connectivity index (χ0v) is 18.8. The molecule has 8 heteroatoms. The molecule has 0 atom stereocenters. The van der Waals surface area contributed by atoms with E-state index in [2.05, 4.69) is 24.4 Å². The summed E-state index contributed by atoms with van der Waals surface area (Å²) in [6.45, 7) is 4.10. The summed E-state index contributed by atoms with van der Waals surface area (Å²) in [5, 5.41) is 14.9. The Morgan fingerprint density at radius 3 is 2.09 bits per heavy atom. The highest BCUT2D eigenvalue weighted by Crippen LogP contribution is 2.25. The molecule has 1 heterocycles. The Morgan fingerprint density at radius 1 is 0.909 bits per heavy atom. The SMILES string of the molecule is CC(C)c1ccc(S(=O)(=O)c2ccc(N/N=C/c3c(O)oc(=O)c4ccccc34)cc2)cc1. The van der Waals surface area contributed by atoms with Crippen molar-refractivity contribution in [3.8, 4) is 5.95 Å². The minimum atomic E-state index is -3.64. The maximum absolute atomic E-state index is 12.9. The third kappa shape index (κ3) is 4.51. The van der Waals surface area contributed by atoms with Crippen LogP contribution in [0, 0.1) is 0 Å². The monoisotopic (exact) mass is 462 g/mol. The number of hydrogen-bond acceptors (Lipinski definition) is 7. The summed E-state index contributed by atoms with van der Waals surface area (Å²) in [5.41, 5.74) is 4.01. The quantitative estimate of drug-likeness (QED) is 0.312. The largest absolute Gasteiger partial charge is 0.480 e. The first-order valence-corrected chi connectivity index (χ1v) is 11.7. The molecule has 3 aromatic carbocycles. The lowest BCUT2D eigenvalue weighted by molar-refractivity contribution is 0.312. The lowest BCUT2D eigenvalue weighted by atomic mass is 10.0. The predicted molar refractivity (Wildman–Crippen MR) is 128 cm³/mol. The molecule has 0 bridgehead atoms. The van der Waals surface area contributed by atoms with Crippen molar-refractivity contribution in [1.82, 2.24) is 0 Å². The van der Waals surface area contributed by atoms with Crippen molar-refractivity contribution in [3.63, 3.8) is 0 Å². The summed E-state index contributed by atoms with van der Waals surface area (Å²) >= 11 is 0. The van der Waals surface area contributed by atoms with E-state index in [0.717, 1.165) is 5.56 Å². The van der Waals surface area contributed by atoms with Crippen LogP contribution >= 0.6 is 0 Å². The summed E-state index contributed by atoms with van der Waals surface area (Å²) in [6, 6.07) is 19.8. The van der Waals surface area contributed by atoms with Gasteiger partial charge < -0.3 is 9.52 Å². The molecule has 0 unspecified atom stereocenters. The van der Waals surface area contributed by atoms with E-state index in [1.54, 1.807) is 48.5 Å². The van der Waals surface area contributed by atoms with Gasteiger partial charge in [0.05, 0.1) is 32.6 Å². The van der Waals surface area contributed by atoms with Gasteiger partial charge in [-0.15, -0.1) is 0 Å². The predicted octanol–water partition coefficient (Wildman–Crippen LogP) is 4.90. The molecular weight excluding hydrogens is 440 g/mol. The molecule has 7 nitrogen and oxygen atoms in total. The maximum Gasteiger partial charge on any atom is 0.346 e. The van der Waals surface area contributed by atoms with E-state index in [1.165, 1.54) is 18.3 Å². The van der Waals surface area contributed by atoms with Gasteiger partial charge in [-0.2, -0.15) is 5.10 Å². The average molecular weight is 463 g/mol. The minimum absolute atomic E-state index is 0.169. The second kappa shape index (κ2) is 8.91. The summed E-state index contributed by atoms with van der Waals surface area (Å²) in [5.74, 6) is -0.214. The third-order valence-corrected chi connectivity index (χ3v) is 7.05. The van der Waals surface area contributed by atoms with Gasteiger partial charge in [0, 0.05) is 5.39 Å². The number of fused-ring (bicyclic) bond motifs is 1. The van der Waals surface area contributed by atoms with Gasteiger partial charge in [0.15, 0.2) is 0 Å². The van der Waals surface area contributed by atoms with E-state index in [1.807, 2.05) is 12.1 Å². The van der Waals surface area contributed by atoms with E-state index in [0.29, 0.717) is 22.4 Å². The first-order valence-electron chi connectivity index (χ1n) is 10.3. The second-order valence-corrected chi connectivity index (χ2v) is 9.73. The lowest BCUT2D eigenvalue weighted by Crippen LogP contribution is -2.03. The van der Waals surface area contributed by atoms with Gasteiger partial charge in [0.25, 0.3) is 5.95 Å². The van der Waals surface area contributed by atoms with E-state index >= 15 is 0 Å². The van der Waals surface area contributed by atoms with Crippen molar-refractivity contribution < 1.29 is 17.9 Å². The Hall–Kier alpha value is -3.91. The van der Waals surface area contributed by atoms with Gasteiger partial charge in [-0.1, -0.05) is 44.2 Å². The normalized spacial score (nSPS) is 12.0. The highest BCUT2D eigenvalue weighted by molar-refractivity contribution is 7.91. The van der Waals surface area contributed by atoms with Gasteiger partial charge in [-0.05, 0) is 53.9 Å². The fourth-order valence-corrected chi connectivity index (χ4v) is 4.64. The molecule has 4 aromatic rings. The van der Waals surface area contributed by atoms with Gasteiger partial charge in [0.1, 0.15) is 0 Å². The number of aromatic hydroxyl groups is 1. The summed E-state index contributed by atoms with van der Waals surface area (Å²) in [4.78, 5) is 12.3. The van der Waals surface area contributed by atoms with Crippen LogP contribution in [0.5, 0.6) is 5.95 Å². The number of hydrogen-bond donors (Lipinski definition) is 2. The maximum atomic E-state index is 12.9. The number of benzene rings is 3. The van der Waals surface area contributed by atoms with Crippen molar-refractivity contribution in [2.45, 2.75) is 29.6 Å². The zero-order valence-electron chi connectivity index (χ0n) is 18.0. The molecule has 4 rings (SSSR count). The van der Waals surface area contributed by atoms with Crippen LogP contribution in [0.1, 0.15) is 30.9 Å². The first-order chi connectivity index (χ1) is 15.8. The van der Waals surface area contributed by atoms with Crippen LogP contribution in [0.4, 0.5) is 5.69 Å². The van der Waals surface area contributed by atoms with Crippen LogP contribution in [0.15, 0.2) is 96.9 Å². The summed E-state index contributed by atoms with van der Waals surface area (Å²) in [6.07, 6.45) is 1.33. The van der Waals surface area contributed by atoms with Crippen molar-refractivity contribution in [1.29, 1.82) is 0 Å². The number of anilines is 1. The summed E-state index contributed by atoms with van der Waals surface area (Å²) in [7, 11) is -3.64. The molecule has 0 aliphatic carbocycles. The van der Waals surface area contributed by atoms with Crippen molar-refractivity contribution in [2.24, 2.45) is 5.10 Å². The van der Waals surface area contributed by atoms with E-state index < -0.39 is 21.4 Å². The standard InChI is InChI=1S/C25H22N2O5S/c1-16(2)17-7-11-19(12-8-17)33(30,31)20-13-9-18(10-14-20)27-26-15-23-21-5-3-4-6-22(21)24(28)32-25(23)29/h3-16,27,29H,1-2H3/b26-15+. The Bertz CT molecular complexity index is 1490. The Labute approximate surface area is 190 Å². The summed E-state index contributed by atoms with van der Waals surface area (Å²) < 4.78 is 30.7. The molecule has 0 fully saturated rings. The number of nitrogens with one attached hydrogen (secondary N) is 1. The smallest absolute Gasteiger partial charge is 0.346 e. The highest BCUT2D eigenvalue weighted by atomic mass is 32.2. The molecule has 0 radical (unpaired) electrons. The second-order valence-electron chi connectivity index (χ2n) is 7.78. The van der Waals surface area contributed by atoms with Crippen molar-refractivity contribution in [3.05, 3.63) is 94.3 Å². The van der Waals surface area contributed by atoms with Crippen LogP contribution in [0.25, 0.3) is 10.8 Å². The highest BCUT2D eigenvalue weighted by Gasteiger charge is 2.17. The van der Waals surface area contributed by atoms with Crippen LogP contribution in [-0.4, -0.2) is 19.7 Å². The average Bonchev–Trinajstić information content (AvgIpc) is 2.81. The first kappa shape index (κ1) is 22.3. The van der Waals surface area contributed by atoms with Gasteiger partial charge in [-0.3, -0.25) is 5.43 Å². The molecule has 168 valence electrons. The van der Waals surface area contributed by atoms with Gasteiger partial charge in [-0.25, -0.2) is 13.2 Å². The molecular formula is C25H22N2O5S. The van der Waals surface area contributed by atoms with Crippen LogP contribution in [-0.2, 0) is 9.84 Å². The van der Waals surface area contributed by atoms with Crippen molar-refractivity contribution in [2.75, 3.05) is 5.43 Å².